The van der Waals surface area contributed by atoms with Crippen molar-refractivity contribution < 1.29 is 41.8 Å². The first-order valence-electron chi connectivity index (χ1n) is 19.9. The summed E-state index contributed by atoms with van der Waals surface area (Å²) in [7, 11) is -2.34. The number of carbonyl (C=O) groups excluding carboxylic acids is 4. The second-order valence-electron chi connectivity index (χ2n) is 17.2. The zero-order valence-electron chi connectivity index (χ0n) is 32.8. The Balaban J connectivity index is 1.26. The minimum Gasteiger partial charge on any atom is -0.497 e. The summed E-state index contributed by atoms with van der Waals surface area (Å²) in [6, 6.07) is 3.19. The highest BCUT2D eigenvalue weighted by molar-refractivity contribution is 7.91. The lowest BCUT2D eigenvalue weighted by Crippen LogP contribution is -2.61. The van der Waals surface area contributed by atoms with E-state index in [1.54, 1.807) is 13.2 Å². The number of hydrogen-bond acceptors (Lipinski definition) is 11. The van der Waals surface area contributed by atoms with Gasteiger partial charge < -0.3 is 29.7 Å². The number of nitrogens with one attached hydrogen (secondary N) is 3. The molecule has 2 aliphatic heterocycles. The topological polar surface area (TPSA) is 195 Å². The lowest BCUT2D eigenvalue weighted by molar-refractivity contribution is -0.143. The van der Waals surface area contributed by atoms with Gasteiger partial charge in [-0.15, -0.1) is 6.58 Å². The SMILES string of the molecule is C=C[C@@H]1C[C@]1(NC(=O)[C@@H]1[C@H](CC)[C@@H]2CN1C(=O)[C@H](C(C)(C)C)NC(=O)O[C@@H]1C[C@H]1CCCCCc1nc3ccc(OC)cc3nc1O2)C(=O)NS(=O)(=O)C1CC1. The summed E-state index contributed by atoms with van der Waals surface area (Å²) in [6.07, 6.45) is 6.26. The number of alkyl carbamates (subject to hydrolysis) is 1. The Kier molecular flexibility index (Phi) is 10.7. The first kappa shape index (κ1) is 39.8. The van der Waals surface area contributed by atoms with Gasteiger partial charge in [-0.3, -0.25) is 19.1 Å². The highest BCUT2D eigenvalue weighted by atomic mass is 32.2. The van der Waals surface area contributed by atoms with Gasteiger partial charge in [0, 0.05) is 17.9 Å². The molecule has 1 aromatic carbocycles. The first-order valence-corrected chi connectivity index (χ1v) is 21.4. The maximum Gasteiger partial charge on any atom is 0.408 e. The third-order valence-electron chi connectivity index (χ3n) is 12.0. The van der Waals surface area contributed by atoms with Crippen molar-refractivity contribution in [2.45, 2.75) is 127 Å². The van der Waals surface area contributed by atoms with Crippen LogP contribution >= 0.6 is 0 Å². The van der Waals surface area contributed by atoms with E-state index in [-0.39, 0.29) is 25.0 Å². The number of aryl methyl sites for hydroxylation is 1. The van der Waals surface area contributed by atoms with Crippen molar-refractivity contribution in [3.05, 3.63) is 36.5 Å². The van der Waals surface area contributed by atoms with Crippen LogP contribution in [0.4, 0.5) is 4.79 Å². The predicted octanol–water partition coefficient (Wildman–Crippen LogP) is 3.94. The highest BCUT2D eigenvalue weighted by Gasteiger charge is 2.63. The number of ether oxygens (including phenoxy) is 3. The number of aromatic nitrogens is 2. The minimum atomic E-state index is -3.92. The van der Waals surface area contributed by atoms with Gasteiger partial charge in [0.2, 0.25) is 27.7 Å². The molecule has 3 saturated carbocycles. The monoisotopic (exact) mass is 794 g/mol. The number of sulfonamides is 1. The molecule has 4 fully saturated rings. The molecule has 56 heavy (non-hydrogen) atoms. The summed E-state index contributed by atoms with van der Waals surface area (Å²) < 4.78 is 45.8. The summed E-state index contributed by atoms with van der Waals surface area (Å²) in [5, 5.41) is 5.05. The largest absolute Gasteiger partial charge is 0.497 e. The number of carbonyl (C=O) groups is 4. The molecule has 304 valence electrons. The van der Waals surface area contributed by atoms with Gasteiger partial charge in [0.25, 0.3) is 5.91 Å². The van der Waals surface area contributed by atoms with Gasteiger partial charge in [-0.1, -0.05) is 46.6 Å². The van der Waals surface area contributed by atoms with Crippen molar-refractivity contribution in [2.24, 2.45) is 23.2 Å². The van der Waals surface area contributed by atoms with Crippen LogP contribution in [-0.2, 0) is 35.6 Å². The Morgan fingerprint density at radius 3 is 2.52 bits per heavy atom. The lowest BCUT2D eigenvalue weighted by Gasteiger charge is -2.36. The molecule has 3 aliphatic carbocycles. The Morgan fingerprint density at radius 2 is 1.86 bits per heavy atom. The van der Waals surface area contributed by atoms with E-state index in [9.17, 15) is 27.6 Å². The quantitative estimate of drug-likeness (QED) is 0.328. The molecule has 7 rings (SSSR count). The lowest BCUT2D eigenvalue weighted by atomic mass is 9.85. The molecule has 2 bridgehead atoms. The van der Waals surface area contributed by atoms with Crippen LogP contribution in [0.2, 0.25) is 0 Å². The summed E-state index contributed by atoms with van der Waals surface area (Å²) in [5.41, 5.74) is -0.469. The van der Waals surface area contributed by atoms with Gasteiger partial charge in [-0.25, -0.2) is 23.2 Å². The molecule has 1 saturated heterocycles. The van der Waals surface area contributed by atoms with Gasteiger partial charge in [0.1, 0.15) is 41.3 Å². The van der Waals surface area contributed by atoms with Gasteiger partial charge >= 0.3 is 6.09 Å². The third kappa shape index (κ3) is 8.03. The van der Waals surface area contributed by atoms with Crippen LogP contribution in [0.5, 0.6) is 11.6 Å². The van der Waals surface area contributed by atoms with Gasteiger partial charge in [0.15, 0.2) is 0 Å². The maximum atomic E-state index is 14.9. The minimum absolute atomic E-state index is 0.0408. The number of nitrogens with zero attached hydrogens (tertiary/aromatic N) is 3. The maximum absolute atomic E-state index is 14.9. The van der Waals surface area contributed by atoms with Gasteiger partial charge in [-0.05, 0) is 74.8 Å². The molecular formula is C40H54N6O9S. The number of benzene rings is 1. The Hall–Kier alpha value is -4.47. The number of rotatable bonds is 8. The second-order valence-corrected chi connectivity index (χ2v) is 19.1. The second kappa shape index (κ2) is 15.1. The molecule has 0 spiro atoms. The predicted molar refractivity (Wildman–Crippen MR) is 206 cm³/mol. The fraction of sp³-hybridized carbons (Fsp3) is 0.650. The molecule has 1 aromatic heterocycles. The van der Waals surface area contributed by atoms with E-state index >= 15 is 0 Å². The van der Waals surface area contributed by atoms with Crippen molar-refractivity contribution in [1.29, 1.82) is 0 Å². The molecule has 3 heterocycles. The summed E-state index contributed by atoms with van der Waals surface area (Å²) in [5.74, 6) is -1.98. The van der Waals surface area contributed by atoms with Crippen molar-refractivity contribution in [1.82, 2.24) is 30.2 Å². The fourth-order valence-electron chi connectivity index (χ4n) is 8.29. The smallest absolute Gasteiger partial charge is 0.408 e. The average Bonchev–Trinajstić information content (AvgIpc) is 4.07. The molecule has 15 nitrogen and oxygen atoms in total. The standard InChI is InChI=1S/C40H54N6O9S/c1-7-23-20-40(23,37(49)45-56(51,52)25-15-16-25)44-34(47)32-26(8-2)31-21-46(32)36(48)33(39(3,4)5)43-38(50)55-30-18-22(30)12-10-9-11-13-28-35(54-31)42-29-19-24(53-6)14-17-27(29)41-28/h7,14,17,19,22-23,25-26,30-33H,1,8-13,15-16,18,20-21H2,2-6H3,(H,43,50)(H,44,47)(H,45,49)/t22-,23-,26-,30-,31+,32+,33-,40-/m1/s1. The van der Waals surface area contributed by atoms with Crippen molar-refractivity contribution >= 4 is 44.9 Å². The third-order valence-corrected chi connectivity index (χ3v) is 13.8. The van der Waals surface area contributed by atoms with Crippen molar-refractivity contribution in [3.63, 3.8) is 0 Å². The highest BCUT2D eigenvalue weighted by Crippen LogP contribution is 2.46. The molecule has 0 radical (unpaired) electrons. The fourth-order valence-corrected chi connectivity index (χ4v) is 9.65. The van der Waals surface area contributed by atoms with Gasteiger partial charge in [0.05, 0.1) is 29.9 Å². The van der Waals surface area contributed by atoms with Crippen LogP contribution < -0.4 is 24.8 Å². The van der Waals surface area contributed by atoms with Crippen molar-refractivity contribution in [2.75, 3.05) is 13.7 Å². The average molecular weight is 795 g/mol. The Bertz CT molecular complexity index is 2020. The summed E-state index contributed by atoms with van der Waals surface area (Å²) in [6.45, 7) is 11.1. The molecule has 8 atom stereocenters. The summed E-state index contributed by atoms with van der Waals surface area (Å²) >= 11 is 0. The molecule has 5 aliphatic rings. The molecule has 4 amide bonds. The Morgan fingerprint density at radius 1 is 1.09 bits per heavy atom. The van der Waals surface area contributed by atoms with Crippen LogP contribution in [0.3, 0.4) is 0 Å². The van der Waals surface area contributed by atoms with E-state index in [2.05, 4.69) is 21.9 Å². The zero-order chi connectivity index (χ0) is 40.2. The number of hydrogen-bond donors (Lipinski definition) is 3. The Labute approximate surface area is 328 Å². The molecule has 16 heteroatoms. The van der Waals surface area contributed by atoms with E-state index in [0.717, 1.165) is 32.1 Å². The molecule has 2 aromatic rings. The van der Waals surface area contributed by atoms with Crippen LogP contribution in [0.25, 0.3) is 11.0 Å². The molecule has 3 N–H and O–H groups in total. The number of amides is 4. The zero-order valence-corrected chi connectivity index (χ0v) is 33.7. The van der Waals surface area contributed by atoms with Crippen LogP contribution in [0.15, 0.2) is 30.9 Å². The molecular weight excluding hydrogens is 741 g/mol. The van der Waals surface area contributed by atoms with Crippen LogP contribution in [0, 0.1) is 23.2 Å². The normalized spacial score (nSPS) is 30.9. The van der Waals surface area contributed by atoms with Crippen molar-refractivity contribution in [3.8, 4) is 11.6 Å². The number of methoxy groups -OCH3 is 1. The molecule has 0 unspecified atom stereocenters. The summed E-state index contributed by atoms with van der Waals surface area (Å²) in [4.78, 5) is 67.9. The van der Waals surface area contributed by atoms with E-state index < -0.39 is 80.1 Å². The van der Waals surface area contributed by atoms with E-state index in [4.69, 9.17) is 24.2 Å². The van der Waals surface area contributed by atoms with Gasteiger partial charge in [-0.2, -0.15) is 0 Å². The van der Waals surface area contributed by atoms with E-state index in [0.29, 0.717) is 54.0 Å². The van der Waals surface area contributed by atoms with E-state index in [1.807, 2.05) is 39.8 Å². The van der Waals surface area contributed by atoms with E-state index in [1.165, 1.54) is 11.0 Å². The van der Waals surface area contributed by atoms with Crippen LogP contribution in [0.1, 0.15) is 91.2 Å². The van der Waals surface area contributed by atoms with Crippen LogP contribution in [-0.4, -0.2) is 95.8 Å². The number of fused-ring (bicyclic) bond motifs is 5. The first-order chi connectivity index (χ1) is 26.6.